The van der Waals surface area contributed by atoms with Crippen molar-refractivity contribution in [2.24, 2.45) is 0 Å². The topological polar surface area (TPSA) is 75.6 Å². The van der Waals surface area contributed by atoms with Gasteiger partial charge < -0.3 is 24.6 Å². The maximum absolute atomic E-state index is 6.21. The quantitative estimate of drug-likeness (QED) is 0.340. The van der Waals surface area contributed by atoms with Crippen LogP contribution in [0.15, 0.2) is 54.7 Å². The zero-order chi connectivity index (χ0) is 26.1. The predicted molar refractivity (Wildman–Crippen MR) is 150 cm³/mol. The number of anilines is 4. The fraction of sp³-hybridized carbons (Fsp3) is 0.321. The van der Waals surface area contributed by atoms with Crippen molar-refractivity contribution in [3.8, 4) is 11.5 Å². The lowest BCUT2D eigenvalue weighted by atomic mass is 10.1. The Hall–Kier alpha value is -3.78. The smallest absolute Gasteiger partial charge is 0.229 e. The van der Waals surface area contributed by atoms with Gasteiger partial charge in [-0.15, -0.1) is 0 Å². The van der Waals surface area contributed by atoms with E-state index in [-0.39, 0.29) is 12.1 Å². The third-order valence-corrected chi connectivity index (χ3v) is 6.89. The number of methoxy groups -OCH3 is 2. The molecule has 2 aromatic heterocycles. The summed E-state index contributed by atoms with van der Waals surface area (Å²) in [6.45, 7) is 8.17. The summed E-state index contributed by atoms with van der Waals surface area (Å²) in [6, 6.07) is 16.1. The molecule has 2 aromatic carbocycles. The van der Waals surface area contributed by atoms with Gasteiger partial charge in [0.15, 0.2) is 0 Å². The third-order valence-electron chi connectivity index (χ3n) is 6.65. The van der Waals surface area contributed by atoms with E-state index in [9.17, 15) is 0 Å². The first kappa shape index (κ1) is 24.9. The summed E-state index contributed by atoms with van der Waals surface area (Å²) < 4.78 is 10.8. The molecule has 2 atom stereocenters. The molecule has 0 saturated carbocycles. The number of piperazine rings is 1. The molecule has 192 valence electrons. The highest BCUT2D eigenvalue weighted by molar-refractivity contribution is 6.31. The van der Waals surface area contributed by atoms with E-state index in [4.69, 9.17) is 26.1 Å². The van der Waals surface area contributed by atoms with Gasteiger partial charge in [-0.1, -0.05) is 11.6 Å². The van der Waals surface area contributed by atoms with E-state index < -0.39 is 0 Å². The lowest BCUT2D eigenvalue weighted by Crippen LogP contribution is -2.57. The number of ether oxygens (including phenoxy) is 2. The van der Waals surface area contributed by atoms with Crippen LogP contribution in [0.2, 0.25) is 5.02 Å². The molecule has 1 N–H and O–H groups in total. The molecule has 0 aliphatic carbocycles. The summed E-state index contributed by atoms with van der Waals surface area (Å²) in [5.41, 5.74) is 3.77. The Balaban J connectivity index is 1.41. The zero-order valence-electron chi connectivity index (χ0n) is 21.7. The Labute approximate surface area is 222 Å². The summed E-state index contributed by atoms with van der Waals surface area (Å²) in [5.74, 6) is 2.82. The molecular formula is C28H31ClN6O2. The second kappa shape index (κ2) is 10.3. The van der Waals surface area contributed by atoms with Gasteiger partial charge in [-0.25, -0.2) is 4.98 Å². The van der Waals surface area contributed by atoms with Crippen LogP contribution in [-0.2, 0) is 0 Å². The minimum Gasteiger partial charge on any atom is -0.497 e. The average Bonchev–Trinajstić information content (AvgIpc) is 2.87. The van der Waals surface area contributed by atoms with Crippen molar-refractivity contribution in [2.75, 3.05) is 42.4 Å². The van der Waals surface area contributed by atoms with Gasteiger partial charge in [-0.3, -0.25) is 4.98 Å². The molecule has 37 heavy (non-hydrogen) atoms. The highest BCUT2D eigenvalue weighted by Crippen LogP contribution is 2.33. The molecule has 1 aliphatic heterocycles. The maximum atomic E-state index is 6.21. The number of hydrogen-bond donors (Lipinski definition) is 1. The van der Waals surface area contributed by atoms with Crippen molar-refractivity contribution in [3.05, 3.63) is 65.4 Å². The van der Waals surface area contributed by atoms with Crippen molar-refractivity contribution in [1.29, 1.82) is 0 Å². The minimum absolute atomic E-state index is 0.221. The van der Waals surface area contributed by atoms with E-state index in [1.165, 1.54) is 5.69 Å². The molecule has 9 heteroatoms. The van der Waals surface area contributed by atoms with E-state index in [1.807, 2.05) is 49.5 Å². The van der Waals surface area contributed by atoms with Gasteiger partial charge in [0.2, 0.25) is 5.95 Å². The molecule has 2 unspecified atom stereocenters. The van der Waals surface area contributed by atoms with Crippen LogP contribution in [0, 0.1) is 6.92 Å². The molecule has 0 radical (unpaired) electrons. The highest BCUT2D eigenvalue weighted by atomic mass is 35.5. The van der Waals surface area contributed by atoms with Crippen molar-refractivity contribution in [1.82, 2.24) is 15.0 Å². The first-order chi connectivity index (χ1) is 17.8. The van der Waals surface area contributed by atoms with Crippen LogP contribution in [0.1, 0.15) is 19.5 Å². The number of fused-ring (bicyclic) bond motifs is 1. The molecule has 0 bridgehead atoms. The first-order valence-corrected chi connectivity index (χ1v) is 12.7. The number of pyridine rings is 1. The SMILES string of the molecule is COc1cc(Nc2nc(C)cc(N3C(C)CN(c4ccnc5cc(Cl)ccc45)CC3C)n2)cc(OC)c1. The number of aryl methyl sites for hydroxylation is 1. The normalized spacial score (nSPS) is 17.7. The molecule has 8 nitrogen and oxygen atoms in total. The Bertz CT molecular complexity index is 1400. The van der Waals surface area contributed by atoms with E-state index in [0.717, 1.165) is 41.2 Å². The Morgan fingerprint density at radius 1 is 0.919 bits per heavy atom. The van der Waals surface area contributed by atoms with E-state index in [1.54, 1.807) is 14.2 Å². The fourth-order valence-electron chi connectivity index (χ4n) is 5.10. The van der Waals surface area contributed by atoms with Crippen molar-refractivity contribution in [2.45, 2.75) is 32.9 Å². The Kier molecular flexibility index (Phi) is 6.93. The molecule has 4 aromatic rings. The molecule has 0 amide bonds. The fourth-order valence-corrected chi connectivity index (χ4v) is 5.27. The molecule has 0 spiro atoms. The van der Waals surface area contributed by atoms with Gasteiger partial charge in [0.25, 0.3) is 0 Å². The second-order valence-electron chi connectivity index (χ2n) is 9.42. The van der Waals surface area contributed by atoms with Crippen LogP contribution < -0.4 is 24.6 Å². The van der Waals surface area contributed by atoms with Crippen molar-refractivity contribution in [3.63, 3.8) is 0 Å². The Morgan fingerprint density at radius 3 is 2.30 bits per heavy atom. The van der Waals surface area contributed by atoms with Crippen LogP contribution >= 0.6 is 11.6 Å². The lowest BCUT2D eigenvalue weighted by molar-refractivity contribution is 0.395. The Morgan fingerprint density at radius 2 is 1.62 bits per heavy atom. The minimum atomic E-state index is 0.221. The van der Waals surface area contributed by atoms with Crippen LogP contribution in [-0.4, -0.2) is 54.3 Å². The van der Waals surface area contributed by atoms with Crippen molar-refractivity contribution < 1.29 is 9.47 Å². The van der Waals surface area contributed by atoms with Gasteiger partial charge in [0.05, 0.1) is 19.7 Å². The van der Waals surface area contributed by atoms with Gasteiger partial charge in [-0.05, 0) is 45.0 Å². The number of nitrogens with one attached hydrogen (secondary N) is 1. The number of halogens is 1. The molecular weight excluding hydrogens is 488 g/mol. The standard InChI is InChI=1S/C28H31ClN6O2/c1-17-10-27(33-28(31-17)32-21-12-22(36-4)14-23(13-21)37-5)35-18(2)15-34(16-19(35)3)26-8-9-30-25-11-20(29)6-7-24(25)26/h6-14,18-19H,15-16H2,1-5H3,(H,31,32,33). The average molecular weight is 519 g/mol. The number of aromatic nitrogens is 3. The second-order valence-corrected chi connectivity index (χ2v) is 9.86. The number of nitrogens with zero attached hydrogens (tertiary/aromatic N) is 5. The molecule has 1 aliphatic rings. The van der Waals surface area contributed by atoms with Gasteiger partial charge >= 0.3 is 0 Å². The van der Waals surface area contributed by atoms with Crippen LogP contribution in [0.4, 0.5) is 23.1 Å². The van der Waals surface area contributed by atoms with Gasteiger partial charge in [0, 0.05) is 83.1 Å². The van der Waals surface area contributed by atoms with Crippen LogP contribution in [0.5, 0.6) is 11.5 Å². The molecule has 1 saturated heterocycles. The summed E-state index contributed by atoms with van der Waals surface area (Å²) >= 11 is 6.21. The zero-order valence-corrected chi connectivity index (χ0v) is 22.5. The lowest BCUT2D eigenvalue weighted by Gasteiger charge is -2.46. The van der Waals surface area contributed by atoms with Crippen molar-refractivity contribution >= 4 is 45.6 Å². The van der Waals surface area contributed by atoms with E-state index in [2.05, 4.69) is 51.1 Å². The number of hydrogen-bond acceptors (Lipinski definition) is 8. The van der Waals surface area contributed by atoms with Gasteiger partial charge in [0.1, 0.15) is 17.3 Å². The molecule has 3 heterocycles. The molecule has 1 fully saturated rings. The highest BCUT2D eigenvalue weighted by Gasteiger charge is 2.31. The van der Waals surface area contributed by atoms with Crippen LogP contribution in [0.3, 0.4) is 0 Å². The van der Waals surface area contributed by atoms with Crippen LogP contribution in [0.25, 0.3) is 10.9 Å². The van der Waals surface area contributed by atoms with E-state index >= 15 is 0 Å². The maximum Gasteiger partial charge on any atom is 0.229 e. The largest absolute Gasteiger partial charge is 0.497 e. The van der Waals surface area contributed by atoms with E-state index in [0.29, 0.717) is 22.5 Å². The predicted octanol–water partition coefficient (Wildman–Crippen LogP) is 5.85. The molecule has 5 rings (SSSR count). The summed E-state index contributed by atoms with van der Waals surface area (Å²) in [5, 5.41) is 5.13. The number of benzene rings is 2. The summed E-state index contributed by atoms with van der Waals surface area (Å²) in [4.78, 5) is 18.9. The summed E-state index contributed by atoms with van der Waals surface area (Å²) in [6.07, 6.45) is 1.86. The number of rotatable bonds is 6. The first-order valence-electron chi connectivity index (χ1n) is 12.3. The summed E-state index contributed by atoms with van der Waals surface area (Å²) in [7, 11) is 3.26. The third kappa shape index (κ3) is 5.20. The monoisotopic (exact) mass is 518 g/mol. The van der Waals surface area contributed by atoms with Gasteiger partial charge in [-0.2, -0.15) is 4.98 Å².